The van der Waals surface area contributed by atoms with E-state index in [1.807, 2.05) is 0 Å². The maximum atomic E-state index is 8.66. The van der Waals surface area contributed by atoms with Crippen LogP contribution in [0.3, 0.4) is 0 Å². The van der Waals surface area contributed by atoms with E-state index in [0.29, 0.717) is 6.54 Å². The van der Waals surface area contributed by atoms with Gasteiger partial charge in [0.25, 0.3) is 0 Å². The quantitative estimate of drug-likeness (QED) is 0.306. The van der Waals surface area contributed by atoms with Crippen molar-refractivity contribution in [3.05, 3.63) is 0 Å². The molecule has 3 nitrogen and oxygen atoms in total. The standard InChI is InChI=1S/C6H11NO2/c1-3-4-9-7-5-6(2)8/h1,6-8H,4-5H2,2H3/t6-/m1/s1. The van der Waals surface area contributed by atoms with Gasteiger partial charge in [-0.3, -0.25) is 4.84 Å². The Morgan fingerprint density at radius 2 is 2.56 bits per heavy atom. The Morgan fingerprint density at radius 3 is 3.00 bits per heavy atom. The van der Waals surface area contributed by atoms with Crippen molar-refractivity contribution in [2.75, 3.05) is 13.2 Å². The van der Waals surface area contributed by atoms with Gasteiger partial charge in [0, 0.05) is 6.54 Å². The molecule has 3 heteroatoms. The number of rotatable bonds is 4. The SMILES string of the molecule is C#CCONC[C@@H](C)O. The van der Waals surface area contributed by atoms with E-state index >= 15 is 0 Å². The van der Waals surface area contributed by atoms with Crippen molar-refractivity contribution in [3.63, 3.8) is 0 Å². The van der Waals surface area contributed by atoms with E-state index < -0.39 is 6.10 Å². The zero-order chi connectivity index (χ0) is 7.11. The first-order valence-corrected chi connectivity index (χ1v) is 2.73. The summed E-state index contributed by atoms with van der Waals surface area (Å²) in [5, 5.41) is 8.66. The van der Waals surface area contributed by atoms with Crippen LogP contribution < -0.4 is 5.48 Å². The Morgan fingerprint density at radius 1 is 1.89 bits per heavy atom. The third-order valence-electron chi connectivity index (χ3n) is 0.636. The lowest BCUT2D eigenvalue weighted by atomic mass is 10.4. The van der Waals surface area contributed by atoms with Crippen LogP contribution in [0.25, 0.3) is 0 Å². The predicted octanol–water partition coefficient (Wildman–Crippen LogP) is -0.478. The van der Waals surface area contributed by atoms with Gasteiger partial charge in [0.2, 0.25) is 0 Å². The Labute approximate surface area is 55.0 Å². The molecule has 0 radical (unpaired) electrons. The van der Waals surface area contributed by atoms with Gasteiger partial charge in [-0.1, -0.05) is 5.92 Å². The second-order valence-electron chi connectivity index (χ2n) is 1.69. The summed E-state index contributed by atoms with van der Waals surface area (Å²) in [6.07, 6.45) is 4.47. The second kappa shape index (κ2) is 5.57. The van der Waals surface area contributed by atoms with E-state index in [4.69, 9.17) is 11.5 Å². The average Bonchev–Trinajstić information content (AvgIpc) is 1.80. The topological polar surface area (TPSA) is 41.5 Å². The van der Waals surface area contributed by atoms with Gasteiger partial charge in [-0.05, 0) is 6.92 Å². The minimum Gasteiger partial charge on any atom is -0.392 e. The van der Waals surface area contributed by atoms with Crippen LogP contribution in [0.1, 0.15) is 6.92 Å². The highest BCUT2D eigenvalue weighted by atomic mass is 16.6. The van der Waals surface area contributed by atoms with Crippen LogP contribution in [-0.4, -0.2) is 24.4 Å². The van der Waals surface area contributed by atoms with Crippen molar-refractivity contribution in [2.24, 2.45) is 0 Å². The lowest BCUT2D eigenvalue weighted by Crippen LogP contribution is -2.24. The molecule has 0 saturated carbocycles. The highest BCUT2D eigenvalue weighted by molar-refractivity contribution is 4.82. The highest BCUT2D eigenvalue weighted by Gasteiger charge is 1.91. The first-order valence-electron chi connectivity index (χ1n) is 2.73. The van der Waals surface area contributed by atoms with E-state index in [0.717, 1.165) is 0 Å². The third kappa shape index (κ3) is 7.44. The fourth-order valence-electron chi connectivity index (χ4n) is 0.272. The fourth-order valence-corrected chi connectivity index (χ4v) is 0.272. The Kier molecular flexibility index (Phi) is 5.23. The molecular formula is C6H11NO2. The Balaban J connectivity index is 2.85. The zero-order valence-corrected chi connectivity index (χ0v) is 5.42. The summed E-state index contributed by atoms with van der Waals surface area (Å²) < 4.78 is 0. The van der Waals surface area contributed by atoms with Gasteiger partial charge in [-0.15, -0.1) is 6.42 Å². The third-order valence-corrected chi connectivity index (χ3v) is 0.636. The average molecular weight is 129 g/mol. The molecule has 0 aromatic rings. The minimum atomic E-state index is -0.400. The molecule has 2 N–H and O–H groups in total. The largest absolute Gasteiger partial charge is 0.392 e. The first kappa shape index (κ1) is 8.44. The van der Waals surface area contributed by atoms with Gasteiger partial charge in [0.1, 0.15) is 6.61 Å². The molecule has 0 unspecified atom stereocenters. The predicted molar refractivity (Wildman–Crippen MR) is 34.5 cm³/mol. The number of hydrogen-bond acceptors (Lipinski definition) is 3. The van der Waals surface area contributed by atoms with E-state index in [1.165, 1.54) is 0 Å². The van der Waals surface area contributed by atoms with E-state index in [2.05, 4.69) is 16.2 Å². The molecule has 0 fully saturated rings. The molecule has 0 aromatic heterocycles. The summed E-state index contributed by atoms with van der Waals surface area (Å²) in [7, 11) is 0. The Hall–Kier alpha value is -0.560. The monoisotopic (exact) mass is 129 g/mol. The molecule has 0 amide bonds. The molecule has 0 rings (SSSR count). The molecule has 0 aromatic carbocycles. The minimum absolute atomic E-state index is 0.229. The van der Waals surface area contributed by atoms with Crippen LogP contribution in [0.4, 0.5) is 0 Å². The van der Waals surface area contributed by atoms with E-state index in [-0.39, 0.29) is 6.61 Å². The highest BCUT2D eigenvalue weighted by Crippen LogP contribution is 1.73. The number of aliphatic hydroxyl groups is 1. The summed E-state index contributed by atoms with van der Waals surface area (Å²) in [6, 6.07) is 0. The van der Waals surface area contributed by atoms with Crippen LogP contribution >= 0.6 is 0 Å². The van der Waals surface area contributed by atoms with Crippen molar-refractivity contribution in [1.29, 1.82) is 0 Å². The van der Waals surface area contributed by atoms with Crippen LogP contribution in [0.15, 0.2) is 0 Å². The van der Waals surface area contributed by atoms with Crippen LogP contribution in [-0.2, 0) is 4.84 Å². The maximum absolute atomic E-state index is 8.66. The zero-order valence-electron chi connectivity index (χ0n) is 5.42. The Bertz CT molecular complexity index is 95.7. The molecule has 52 valence electrons. The molecule has 0 bridgehead atoms. The van der Waals surface area contributed by atoms with Gasteiger partial charge in [-0.25, -0.2) is 0 Å². The summed E-state index contributed by atoms with van der Waals surface area (Å²) >= 11 is 0. The second-order valence-corrected chi connectivity index (χ2v) is 1.69. The van der Waals surface area contributed by atoms with Crippen LogP contribution in [0.5, 0.6) is 0 Å². The lowest BCUT2D eigenvalue weighted by molar-refractivity contribution is 0.0371. The molecule has 0 saturated heterocycles. The first-order chi connectivity index (χ1) is 4.27. The number of aliphatic hydroxyl groups excluding tert-OH is 1. The molecule has 0 aliphatic rings. The molecule has 0 heterocycles. The fraction of sp³-hybridized carbons (Fsp3) is 0.667. The van der Waals surface area contributed by atoms with Gasteiger partial charge >= 0.3 is 0 Å². The van der Waals surface area contributed by atoms with Crippen molar-refractivity contribution in [3.8, 4) is 12.3 Å². The van der Waals surface area contributed by atoms with Crippen molar-refractivity contribution in [2.45, 2.75) is 13.0 Å². The number of nitrogens with one attached hydrogen (secondary N) is 1. The summed E-state index contributed by atoms with van der Waals surface area (Å²) in [5.41, 5.74) is 2.49. The summed E-state index contributed by atoms with van der Waals surface area (Å²) in [5.74, 6) is 2.28. The van der Waals surface area contributed by atoms with Crippen molar-refractivity contribution >= 4 is 0 Å². The van der Waals surface area contributed by atoms with Gasteiger partial charge in [0.05, 0.1) is 6.10 Å². The molecule has 0 spiro atoms. The van der Waals surface area contributed by atoms with Gasteiger partial charge in [-0.2, -0.15) is 5.48 Å². The van der Waals surface area contributed by atoms with Gasteiger partial charge in [0.15, 0.2) is 0 Å². The van der Waals surface area contributed by atoms with Crippen LogP contribution in [0, 0.1) is 12.3 Å². The number of terminal acetylenes is 1. The molecule has 0 aliphatic heterocycles. The van der Waals surface area contributed by atoms with Crippen molar-refractivity contribution < 1.29 is 9.94 Å². The lowest BCUT2D eigenvalue weighted by Gasteiger charge is -2.03. The van der Waals surface area contributed by atoms with E-state index in [1.54, 1.807) is 6.92 Å². The number of hydroxylamine groups is 1. The molecule has 9 heavy (non-hydrogen) atoms. The van der Waals surface area contributed by atoms with Crippen molar-refractivity contribution in [1.82, 2.24) is 5.48 Å². The van der Waals surface area contributed by atoms with E-state index in [9.17, 15) is 0 Å². The van der Waals surface area contributed by atoms with Crippen LogP contribution in [0.2, 0.25) is 0 Å². The molecular weight excluding hydrogens is 118 g/mol. The summed E-state index contributed by atoms with van der Waals surface area (Å²) in [4.78, 5) is 4.65. The summed E-state index contributed by atoms with van der Waals surface area (Å²) in [6.45, 7) is 2.29. The van der Waals surface area contributed by atoms with Gasteiger partial charge < -0.3 is 5.11 Å². The molecule has 0 aliphatic carbocycles. The molecule has 1 atom stereocenters. The normalized spacial score (nSPS) is 12.6. The number of hydrogen-bond donors (Lipinski definition) is 2. The maximum Gasteiger partial charge on any atom is 0.128 e. The smallest absolute Gasteiger partial charge is 0.128 e.